The summed E-state index contributed by atoms with van der Waals surface area (Å²) in [5.41, 5.74) is 4.32. The summed E-state index contributed by atoms with van der Waals surface area (Å²) in [4.78, 5) is 17.2. The van der Waals surface area contributed by atoms with Crippen molar-refractivity contribution in [3.8, 4) is 5.69 Å². The lowest BCUT2D eigenvalue weighted by Crippen LogP contribution is -2.35. The molecule has 0 saturated heterocycles. The lowest BCUT2D eigenvalue weighted by Gasteiger charge is -2.20. The van der Waals surface area contributed by atoms with Gasteiger partial charge in [-0.2, -0.15) is 0 Å². The fourth-order valence-electron chi connectivity index (χ4n) is 3.40. The molecule has 0 spiro atoms. The van der Waals surface area contributed by atoms with Gasteiger partial charge in [0.05, 0.1) is 11.4 Å². The lowest BCUT2D eigenvalue weighted by molar-refractivity contribution is 0.0745. The van der Waals surface area contributed by atoms with E-state index >= 15 is 0 Å². The number of amides is 1. The van der Waals surface area contributed by atoms with Crippen molar-refractivity contribution < 1.29 is 4.79 Å². The molecule has 2 aromatic carbocycles. The van der Waals surface area contributed by atoms with Gasteiger partial charge in [-0.15, -0.1) is 5.10 Å². The van der Waals surface area contributed by atoms with Gasteiger partial charge in [-0.3, -0.25) is 4.79 Å². The van der Waals surface area contributed by atoms with Crippen molar-refractivity contribution >= 4 is 27.5 Å². The molecular formula is C20H20BrN5O. The van der Waals surface area contributed by atoms with Crippen molar-refractivity contribution in [2.24, 2.45) is 0 Å². The van der Waals surface area contributed by atoms with E-state index in [1.807, 2.05) is 48.2 Å². The van der Waals surface area contributed by atoms with E-state index in [2.05, 4.69) is 50.3 Å². The number of hydrogen-bond acceptors (Lipinski definition) is 4. The van der Waals surface area contributed by atoms with Crippen LogP contribution in [-0.2, 0) is 6.54 Å². The van der Waals surface area contributed by atoms with E-state index in [-0.39, 0.29) is 5.91 Å². The Hall–Kier alpha value is -2.67. The van der Waals surface area contributed by atoms with Gasteiger partial charge in [-0.25, -0.2) is 4.68 Å². The molecule has 7 heteroatoms. The van der Waals surface area contributed by atoms with E-state index < -0.39 is 0 Å². The number of benzene rings is 2. The Morgan fingerprint density at radius 2 is 1.93 bits per heavy atom. The monoisotopic (exact) mass is 425 g/mol. The first-order chi connectivity index (χ1) is 13.0. The number of hydrogen-bond donors (Lipinski definition) is 0. The SMILES string of the molecule is Cc1c(C(=O)N2CCN(C)c3ccccc3C2)nnn1-c1cccc(Br)c1. The quantitative estimate of drug-likeness (QED) is 0.630. The van der Waals surface area contributed by atoms with E-state index in [1.54, 1.807) is 4.68 Å². The van der Waals surface area contributed by atoms with Crippen LogP contribution in [0.2, 0.25) is 0 Å². The van der Waals surface area contributed by atoms with Gasteiger partial charge in [-0.1, -0.05) is 45.4 Å². The van der Waals surface area contributed by atoms with Crippen LogP contribution in [0.3, 0.4) is 0 Å². The third-order valence-electron chi connectivity index (χ3n) is 4.91. The number of carbonyl (C=O) groups is 1. The minimum absolute atomic E-state index is 0.0844. The highest BCUT2D eigenvalue weighted by atomic mass is 79.9. The Labute approximate surface area is 166 Å². The van der Waals surface area contributed by atoms with Crippen LogP contribution in [0, 0.1) is 6.92 Å². The van der Waals surface area contributed by atoms with Crippen LogP contribution in [0.15, 0.2) is 53.0 Å². The molecule has 0 saturated carbocycles. The Balaban J connectivity index is 1.64. The molecule has 1 aromatic heterocycles. The van der Waals surface area contributed by atoms with Gasteiger partial charge in [0.2, 0.25) is 0 Å². The molecule has 1 amide bonds. The summed E-state index contributed by atoms with van der Waals surface area (Å²) in [6.45, 7) is 3.88. The molecule has 3 aromatic rings. The molecule has 0 unspecified atom stereocenters. The number of halogens is 1. The number of aromatic nitrogens is 3. The highest BCUT2D eigenvalue weighted by Crippen LogP contribution is 2.25. The van der Waals surface area contributed by atoms with E-state index in [9.17, 15) is 4.79 Å². The summed E-state index contributed by atoms with van der Waals surface area (Å²) in [5.74, 6) is -0.0844. The molecule has 0 aliphatic carbocycles. The molecular weight excluding hydrogens is 406 g/mol. The van der Waals surface area contributed by atoms with Crippen molar-refractivity contribution in [2.45, 2.75) is 13.5 Å². The molecule has 0 fully saturated rings. The minimum atomic E-state index is -0.0844. The zero-order chi connectivity index (χ0) is 19.0. The number of fused-ring (bicyclic) bond motifs is 1. The second-order valence-electron chi connectivity index (χ2n) is 6.69. The predicted molar refractivity (Wildman–Crippen MR) is 108 cm³/mol. The standard InChI is InChI=1S/C20H20BrN5O/c1-14-19(22-23-26(14)17-8-5-7-16(21)12-17)20(27)25-11-10-24(2)18-9-4-3-6-15(18)13-25/h3-9,12H,10-11,13H2,1-2H3. The van der Waals surface area contributed by atoms with Crippen LogP contribution in [0.25, 0.3) is 5.69 Å². The minimum Gasteiger partial charge on any atom is -0.373 e. The summed E-state index contributed by atoms with van der Waals surface area (Å²) in [5, 5.41) is 8.41. The molecule has 0 N–H and O–H groups in total. The topological polar surface area (TPSA) is 54.3 Å². The van der Waals surface area contributed by atoms with Crippen molar-refractivity contribution in [3.63, 3.8) is 0 Å². The zero-order valence-corrected chi connectivity index (χ0v) is 16.8. The Morgan fingerprint density at radius 3 is 2.74 bits per heavy atom. The maximum atomic E-state index is 13.2. The maximum absolute atomic E-state index is 13.2. The highest BCUT2D eigenvalue weighted by molar-refractivity contribution is 9.10. The normalized spacial score (nSPS) is 14.0. The van der Waals surface area contributed by atoms with Crippen LogP contribution in [0.4, 0.5) is 5.69 Å². The van der Waals surface area contributed by atoms with Crippen molar-refractivity contribution in [3.05, 3.63) is 70.0 Å². The van der Waals surface area contributed by atoms with Crippen LogP contribution in [0.1, 0.15) is 21.7 Å². The average molecular weight is 426 g/mol. The fourth-order valence-corrected chi connectivity index (χ4v) is 3.78. The van der Waals surface area contributed by atoms with Crippen LogP contribution in [-0.4, -0.2) is 45.9 Å². The number of carbonyl (C=O) groups excluding carboxylic acids is 1. The zero-order valence-electron chi connectivity index (χ0n) is 15.3. The molecule has 0 atom stereocenters. The van der Waals surface area contributed by atoms with Crippen LogP contribution >= 0.6 is 15.9 Å². The maximum Gasteiger partial charge on any atom is 0.276 e. The lowest BCUT2D eigenvalue weighted by atomic mass is 10.1. The van der Waals surface area contributed by atoms with Gasteiger partial charge < -0.3 is 9.80 Å². The summed E-state index contributed by atoms with van der Waals surface area (Å²) in [6, 6.07) is 16.0. The molecule has 4 rings (SSSR count). The highest BCUT2D eigenvalue weighted by Gasteiger charge is 2.26. The van der Waals surface area contributed by atoms with Crippen LogP contribution < -0.4 is 4.90 Å². The van der Waals surface area contributed by atoms with E-state index in [4.69, 9.17) is 0 Å². The fraction of sp³-hybridized carbons (Fsp3) is 0.250. The summed E-state index contributed by atoms with van der Waals surface area (Å²) < 4.78 is 2.66. The Morgan fingerprint density at radius 1 is 1.11 bits per heavy atom. The predicted octanol–water partition coefficient (Wildman–Crippen LogP) is 3.43. The molecule has 27 heavy (non-hydrogen) atoms. The number of nitrogens with zero attached hydrogens (tertiary/aromatic N) is 5. The van der Waals surface area contributed by atoms with E-state index in [0.29, 0.717) is 18.8 Å². The number of rotatable bonds is 2. The van der Waals surface area contributed by atoms with E-state index in [0.717, 1.165) is 28.0 Å². The van der Waals surface area contributed by atoms with Gasteiger partial charge in [-0.05, 0) is 36.8 Å². The third kappa shape index (κ3) is 3.35. The molecule has 0 bridgehead atoms. The summed E-state index contributed by atoms with van der Waals surface area (Å²) in [6.07, 6.45) is 0. The molecule has 6 nitrogen and oxygen atoms in total. The van der Waals surface area contributed by atoms with Gasteiger partial charge in [0.25, 0.3) is 5.91 Å². The number of para-hydroxylation sites is 1. The van der Waals surface area contributed by atoms with E-state index in [1.165, 1.54) is 5.69 Å². The first kappa shape index (κ1) is 17.7. The molecule has 1 aliphatic heterocycles. The van der Waals surface area contributed by atoms with Gasteiger partial charge in [0.15, 0.2) is 5.69 Å². The third-order valence-corrected chi connectivity index (χ3v) is 5.40. The molecule has 0 radical (unpaired) electrons. The van der Waals surface area contributed by atoms with Crippen LogP contribution in [0.5, 0.6) is 0 Å². The van der Waals surface area contributed by atoms with Gasteiger partial charge in [0.1, 0.15) is 0 Å². The molecule has 138 valence electrons. The Bertz CT molecular complexity index is 1000. The van der Waals surface area contributed by atoms with Gasteiger partial charge in [0, 0.05) is 36.8 Å². The summed E-state index contributed by atoms with van der Waals surface area (Å²) in [7, 11) is 2.06. The van der Waals surface area contributed by atoms with Crippen molar-refractivity contribution in [2.75, 3.05) is 25.0 Å². The smallest absolute Gasteiger partial charge is 0.276 e. The number of likely N-dealkylation sites (N-methyl/N-ethyl adjacent to an activating group) is 1. The van der Waals surface area contributed by atoms with Gasteiger partial charge >= 0.3 is 0 Å². The second-order valence-corrected chi connectivity index (χ2v) is 7.61. The van der Waals surface area contributed by atoms with Crippen molar-refractivity contribution in [1.82, 2.24) is 19.9 Å². The molecule has 1 aliphatic rings. The molecule has 2 heterocycles. The second kappa shape index (κ2) is 7.15. The Kier molecular flexibility index (Phi) is 4.70. The largest absolute Gasteiger partial charge is 0.373 e. The first-order valence-corrected chi connectivity index (χ1v) is 9.60. The number of anilines is 1. The first-order valence-electron chi connectivity index (χ1n) is 8.81. The summed E-state index contributed by atoms with van der Waals surface area (Å²) >= 11 is 3.47. The average Bonchev–Trinajstić information content (AvgIpc) is 2.97. The van der Waals surface area contributed by atoms with Crippen molar-refractivity contribution in [1.29, 1.82) is 0 Å².